The van der Waals surface area contributed by atoms with E-state index in [-0.39, 0.29) is 11.1 Å². The summed E-state index contributed by atoms with van der Waals surface area (Å²) < 4.78 is 6.16. The average Bonchev–Trinajstić information content (AvgIpc) is 2.78. The second-order valence-electron chi connectivity index (χ2n) is 7.70. The Morgan fingerprint density at radius 3 is 2.25 bits per heavy atom. The Morgan fingerprint density at radius 1 is 1.15 bits per heavy atom. The van der Waals surface area contributed by atoms with Crippen LogP contribution in [0.15, 0.2) is 0 Å². The molecule has 2 fully saturated rings. The van der Waals surface area contributed by atoms with E-state index in [4.69, 9.17) is 10.5 Å². The zero-order valence-electron chi connectivity index (χ0n) is 14.0. The van der Waals surface area contributed by atoms with E-state index in [1.807, 2.05) is 0 Å². The highest BCUT2D eigenvalue weighted by molar-refractivity contribution is 4.96. The van der Waals surface area contributed by atoms with Crippen LogP contribution in [-0.4, -0.2) is 42.3 Å². The molecule has 1 aliphatic carbocycles. The van der Waals surface area contributed by atoms with E-state index in [0.29, 0.717) is 6.10 Å². The number of nitrogens with zero attached hydrogens (tertiary/aromatic N) is 1. The average molecular weight is 282 g/mol. The summed E-state index contributed by atoms with van der Waals surface area (Å²) in [6, 6.07) is 0. The topological polar surface area (TPSA) is 38.5 Å². The van der Waals surface area contributed by atoms with Crippen molar-refractivity contribution in [1.29, 1.82) is 0 Å². The fourth-order valence-corrected chi connectivity index (χ4v) is 4.07. The predicted octanol–water partition coefficient (Wildman–Crippen LogP) is 3.17. The van der Waals surface area contributed by atoms with Gasteiger partial charge in [0.05, 0.1) is 11.7 Å². The first-order valence-corrected chi connectivity index (χ1v) is 8.50. The van der Waals surface area contributed by atoms with E-state index >= 15 is 0 Å². The van der Waals surface area contributed by atoms with Crippen LogP contribution in [0.3, 0.4) is 0 Å². The van der Waals surface area contributed by atoms with Crippen molar-refractivity contribution in [3.8, 4) is 0 Å². The van der Waals surface area contributed by atoms with Gasteiger partial charge in [0.15, 0.2) is 0 Å². The first kappa shape index (κ1) is 16.3. The molecule has 1 saturated heterocycles. The highest BCUT2D eigenvalue weighted by Gasteiger charge is 2.40. The molecule has 1 heterocycles. The number of hydrogen-bond donors (Lipinski definition) is 1. The summed E-state index contributed by atoms with van der Waals surface area (Å²) in [6.07, 6.45) is 9.29. The molecule has 1 unspecified atom stereocenters. The fourth-order valence-electron chi connectivity index (χ4n) is 4.07. The van der Waals surface area contributed by atoms with E-state index in [2.05, 4.69) is 32.7 Å². The highest BCUT2D eigenvalue weighted by atomic mass is 16.5. The molecule has 20 heavy (non-hydrogen) atoms. The van der Waals surface area contributed by atoms with E-state index in [9.17, 15) is 0 Å². The number of rotatable bonds is 5. The minimum atomic E-state index is 0.0707. The number of nitrogens with two attached hydrogens (primary N) is 1. The minimum Gasteiger partial charge on any atom is -0.371 e. The first-order chi connectivity index (χ1) is 9.41. The van der Waals surface area contributed by atoms with Crippen molar-refractivity contribution in [2.45, 2.75) is 83.0 Å². The van der Waals surface area contributed by atoms with Gasteiger partial charge in [0.1, 0.15) is 0 Å². The van der Waals surface area contributed by atoms with Crippen LogP contribution in [0, 0.1) is 5.92 Å². The van der Waals surface area contributed by atoms with Gasteiger partial charge in [-0.2, -0.15) is 0 Å². The van der Waals surface area contributed by atoms with E-state index in [1.54, 1.807) is 0 Å². The van der Waals surface area contributed by atoms with Crippen LogP contribution in [0.5, 0.6) is 0 Å². The van der Waals surface area contributed by atoms with Gasteiger partial charge in [0.25, 0.3) is 0 Å². The predicted molar refractivity (Wildman–Crippen MR) is 84.9 cm³/mol. The van der Waals surface area contributed by atoms with Gasteiger partial charge >= 0.3 is 0 Å². The molecule has 0 aromatic heterocycles. The lowest BCUT2D eigenvalue weighted by molar-refractivity contribution is -0.0458. The molecule has 0 spiro atoms. The summed E-state index contributed by atoms with van der Waals surface area (Å²) in [5.41, 5.74) is 6.47. The fraction of sp³-hybridized carbons (Fsp3) is 1.00. The Morgan fingerprint density at radius 2 is 1.80 bits per heavy atom. The summed E-state index contributed by atoms with van der Waals surface area (Å²) in [5.74, 6) is 0.921. The van der Waals surface area contributed by atoms with Gasteiger partial charge in [-0.1, -0.05) is 13.3 Å². The lowest BCUT2D eigenvalue weighted by Crippen LogP contribution is -2.56. The minimum absolute atomic E-state index is 0.0707. The molecule has 118 valence electrons. The molecular formula is C17H34N2O. The molecule has 3 nitrogen and oxygen atoms in total. The van der Waals surface area contributed by atoms with Gasteiger partial charge in [0.2, 0.25) is 0 Å². The van der Waals surface area contributed by atoms with Crippen molar-refractivity contribution in [3.05, 3.63) is 0 Å². The van der Waals surface area contributed by atoms with Gasteiger partial charge in [-0.05, 0) is 65.3 Å². The van der Waals surface area contributed by atoms with Crippen LogP contribution < -0.4 is 5.73 Å². The lowest BCUT2D eigenvalue weighted by atomic mass is 9.74. The van der Waals surface area contributed by atoms with Gasteiger partial charge in [-0.15, -0.1) is 0 Å². The van der Waals surface area contributed by atoms with Crippen molar-refractivity contribution in [2.75, 3.05) is 20.1 Å². The molecule has 3 heteroatoms. The van der Waals surface area contributed by atoms with Crippen molar-refractivity contribution in [3.63, 3.8) is 0 Å². The van der Waals surface area contributed by atoms with Crippen LogP contribution >= 0.6 is 0 Å². The van der Waals surface area contributed by atoms with Gasteiger partial charge in [0, 0.05) is 18.6 Å². The largest absolute Gasteiger partial charge is 0.371 e. The number of likely N-dealkylation sites (N-methyl/N-ethyl adjacent to an activating group) is 1. The van der Waals surface area contributed by atoms with Crippen molar-refractivity contribution in [2.24, 2.45) is 11.7 Å². The molecule has 0 radical (unpaired) electrons. The van der Waals surface area contributed by atoms with E-state index in [0.717, 1.165) is 19.0 Å². The second-order valence-corrected chi connectivity index (χ2v) is 7.70. The van der Waals surface area contributed by atoms with Crippen molar-refractivity contribution < 1.29 is 4.74 Å². The summed E-state index contributed by atoms with van der Waals surface area (Å²) in [4.78, 5) is 2.52. The number of hydrogen-bond acceptors (Lipinski definition) is 3. The monoisotopic (exact) mass is 282 g/mol. The molecule has 1 saturated carbocycles. The maximum Gasteiger partial charge on any atom is 0.0710 e. The Labute approximate surface area is 125 Å². The molecular weight excluding hydrogens is 248 g/mol. The van der Waals surface area contributed by atoms with Crippen LogP contribution in [0.25, 0.3) is 0 Å². The Hall–Kier alpha value is -0.120. The van der Waals surface area contributed by atoms with Crippen LogP contribution in [0.1, 0.15) is 65.7 Å². The van der Waals surface area contributed by atoms with Crippen molar-refractivity contribution in [1.82, 2.24) is 4.90 Å². The smallest absolute Gasteiger partial charge is 0.0710 e. The zero-order valence-corrected chi connectivity index (χ0v) is 14.0. The summed E-state index contributed by atoms with van der Waals surface area (Å²) in [7, 11) is 2.26. The Balaban J connectivity index is 1.91. The molecule has 0 aromatic carbocycles. The van der Waals surface area contributed by atoms with Gasteiger partial charge in [-0.25, -0.2) is 0 Å². The molecule has 2 N–H and O–H groups in total. The maximum atomic E-state index is 6.17. The zero-order chi connectivity index (χ0) is 14.8. The summed E-state index contributed by atoms with van der Waals surface area (Å²) in [6.45, 7) is 8.56. The highest BCUT2D eigenvalue weighted by Crippen LogP contribution is 2.38. The first-order valence-electron chi connectivity index (χ1n) is 8.50. The van der Waals surface area contributed by atoms with Crippen molar-refractivity contribution >= 4 is 0 Å². The molecule has 2 rings (SSSR count). The maximum absolute atomic E-state index is 6.17. The molecule has 0 aromatic rings. The quantitative estimate of drug-likeness (QED) is 0.841. The molecule has 0 amide bonds. The molecule has 1 aliphatic heterocycles. The third-order valence-corrected chi connectivity index (χ3v) is 5.83. The number of ether oxygens (including phenoxy) is 1. The van der Waals surface area contributed by atoms with Crippen LogP contribution in [-0.2, 0) is 4.74 Å². The standard InChI is InChI=1S/C17H34N2O/c1-5-14-6-10-17(13-18,11-7-14)19(4)12-15-8-9-16(2,3)20-15/h14-15H,5-13,18H2,1-4H3. The van der Waals surface area contributed by atoms with Gasteiger partial charge < -0.3 is 10.5 Å². The Bertz CT molecular complexity index is 308. The third kappa shape index (κ3) is 3.55. The third-order valence-electron chi connectivity index (χ3n) is 5.83. The van der Waals surface area contributed by atoms with E-state index < -0.39 is 0 Å². The van der Waals surface area contributed by atoms with Crippen LogP contribution in [0.2, 0.25) is 0 Å². The van der Waals surface area contributed by atoms with Gasteiger partial charge in [-0.3, -0.25) is 4.90 Å². The second kappa shape index (κ2) is 6.33. The van der Waals surface area contributed by atoms with Crippen LogP contribution in [0.4, 0.5) is 0 Å². The SMILES string of the molecule is CCC1CCC(CN)(N(C)CC2CCC(C)(C)O2)CC1. The molecule has 1 atom stereocenters. The Kier molecular flexibility index (Phi) is 5.14. The summed E-state index contributed by atoms with van der Waals surface area (Å²) in [5, 5.41) is 0. The van der Waals surface area contributed by atoms with E-state index in [1.165, 1.54) is 44.9 Å². The normalized spacial score (nSPS) is 37.5. The summed E-state index contributed by atoms with van der Waals surface area (Å²) >= 11 is 0. The molecule has 0 bridgehead atoms. The molecule has 2 aliphatic rings. The lowest BCUT2D eigenvalue weighted by Gasteiger charge is -2.46.